The summed E-state index contributed by atoms with van der Waals surface area (Å²) in [4.78, 5) is 27.6. The van der Waals surface area contributed by atoms with Gasteiger partial charge in [0.15, 0.2) is 0 Å². The molecule has 0 bridgehead atoms. The van der Waals surface area contributed by atoms with Crippen LogP contribution in [0.4, 0.5) is 0 Å². The topological polar surface area (TPSA) is 49.4 Å². The molecular formula is C22H25Cl3N2O2. The molecule has 1 atom stereocenters. The number of halogens is 3. The summed E-state index contributed by atoms with van der Waals surface area (Å²) in [6.45, 7) is 4.76. The predicted octanol–water partition coefficient (Wildman–Crippen LogP) is 5.52. The normalized spacial score (nSPS) is 11.8. The lowest BCUT2D eigenvalue weighted by atomic mass is 10.1. The van der Waals surface area contributed by atoms with Gasteiger partial charge in [-0.3, -0.25) is 9.59 Å². The first kappa shape index (κ1) is 23.5. The zero-order chi connectivity index (χ0) is 21.4. The molecule has 1 unspecified atom stereocenters. The summed E-state index contributed by atoms with van der Waals surface area (Å²) >= 11 is 18.2. The van der Waals surface area contributed by atoms with E-state index in [1.54, 1.807) is 35.2 Å². The lowest BCUT2D eigenvalue weighted by molar-refractivity contribution is -0.140. The molecule has 0 saturated carbocycles. The average Bonchev–Trinajstić information content (AvgIpc) is 2.69. The Bertz CT molecular complexity index is 840. The Labute approximate surface area is 187 Å². The average molecular weight is 456 g/mol. The van der Waals surface area contributed by atoms with Crippen molar-refractivity contribution in [2.45, 2.75) is 45.7 Å². The van der Waals surface area contributed by atoms with E-state index in [1.807, 2.05) is 26.0 Å². The molecule has 0 aromatic heterocycles. The van der Waals surface area contributed by atoms with Crippen molar-refractivity contribution in [1.82, 2.24) is 10.2 Å². The van der Waals surface area contributed by atoms with E-state index in [1.165, 1.54) is 0 Å². The number of carbonyl (C=O) groups is 2. The molecule has 0 radical (unpaired) electrons. The highest BCUT2D eigenvalue weighted by Gasteiger charge is 2.28. The van der Waals surface area contributed by atoms with Crippen LogP contribution >= 0.6 is 34.8 Å². The highest BCUT2D eigenvalue weighted by molar-refractivity contribution is 6.35. The van der Waals surface area contributed by atoms with Gasteiger partial charge in [0.2, 0.25) is 11.8 Å². The minimum atomic E-state index is -0.573. The quantitative estimate of drug-likeness (QED) is 0.541. The monoisotopic (exact) mass is 454 g/mol. The summed E-state index contributed by atoms with van der Waals surface area (Å²) < 4.78 is 0. The van der Waals surface area contributed by atoms with Gasteiger partial charge in [-0.2, -0.15) is 0 Å². The first-order valence-corrected chi connectivity index (χ1v) is 10.7. The molecule has 0 aliphatic heterocycles. The fourth-order valence-electron chi connectivity index (χ4n) is 3.00. The molecule has 156 valence electrons. The van der Waals surface area contributed by atoms with Crippen LogP contribution in [0.3, 0.4) is 0 Å². The van der Waals surface area contributed by atoms with Crippen molar-refractivity contribution >= 4 is 46.6 Å². The van der Waals surface area contributed by atoms with E-state index < -0.39 is 6.04 Å². The Morgan fingerprint density at radius 2 is 1.66 bits per heavy atom. The Balaban J connectivity index is 2.29. The number of benzene rings is 2. The maximum atomic E-state index is 13.2. The first-order chi connectivity index (χ1) is 13.8. The number of nitrogens with zero attached hydrogens (tertiary/aromatic N) is 1. The largest absolute Gasteiger partial charge is 0.354 e. The van der Waals surface area contributed by atoms with Gasteiger partial charge in [0, 0.05) is 28.2 Å². The van der Waals surface area contributed by atoms with Gasteiger partial charge in [0.05, 0.1) is 6.42 Å². The smallest absolute Gasteiger partial charge is 0.242 e. The molecule has 2 rings (SSSR count). The summed E-state index contributed by atoms with van der Waals surface area (Å²) in [6.07, 6.45) is 1.41. The number of amides is 2. The summed E-state index contributed by atoms with van der Waals surface area (Å²) in [5, 5.41) is 4.46. The standard InChI is InChI=1S/C22H25Cl3N2O2/c1-3-11-26-22(29)20(4-2)27(14-15-5-8-17(23)9-6-15)21(28)12-16-7-10-18(24)13-19(16)25/h5-10,13,20H,3-4,11-12,14H2,1-2H3,(H,26,29). The zero-order valence-electron chi connectivity index (χ0n) is 16.6. The fourth-order valence-corrected chi connectivity index (χ4v) is 3.60. The number of hydrogen-bond acceptors (Lipinski definition) is 2. The SMILES string of the molecule is CCCNC(=O)C(CC)N(Cc1ccc(Cl)cc1)C(=O)Cc1ccc(Cl)cc1Cl. The lowest BCUT2D eigenvalue weighted by Crippen LogP contribution is -2.49. The molecule has 0 saturated heterocycles. The van der Waals surface area contributed by atoms with Gasteiger partial charge in [-0.05, 0) is 48.2 Å². The van der Waals surface area contributed by atoms with Crippen LogP contribution in [-0.2, 0) is 22.6 Å². The van der Waals surface area contributed by atoms with Crippen LogP contribution in [0, 0.1) is 0 Å². The minimum absolute atomic E-state index is 0.0845. The van der Waals surface area contributed by atoms with Crippen LogP contribution in [0.25, 0.3) is 0 Å². The van der Waals surface area contributed by atoms with Crippen LogP contribution in [0.15, 0.2) is 42.5 Å². The van der Waals surface area contributed by atoms with Gasteiger partial charge >= 0.3 is 0 Å². The molecule has 0 aliphatic rings. The van der Waals surface area contributed by atoms with E-state index in [2.05, 4.69) is 5.32 Å². The van der Waals surface area contributed by atoms with E-state index in [-0.39, 0.29) is 18.2 Å². The van der Waals surface area contributed by atoms with Crippen molar-refractivity contribution in [3.05, 3.63) is 68.7 Å². The molecular weight excluding hydrogens is 431 g/mol. The van der Waals surface area contributed by atoms with E-state index in [9.17, 15) is 9.59 Å². The second-order valence-corrected chi connectivity index (χ2v) is 8.06. The minimum Gasteiger partial charge on any atom is -0.354 e. The first-order valence-electron chi connectivity index (χ1n) is 9.61. The summed E-state index contributed by atoms with van der Waals surface area (Å²) in [5.41, 5.74) is 1.57. The molecule has 0 spiro atoms. The van der Waals surface area contributed by atoms with Gasteiger partial charge in [-0.1, -0.05) is 66.8 Å². The van der Waals surface area contributed by atoms with Crippen LogP contribution in [0.1, 0.15) is 37.8 Å². The molecule has 2 aromatic carbocycles. The van der Waals surface area contributed by atoms with Crippen LogP contribution in [0.2, 0.25) is 15.1 Å². The molecule has 1 N–H and O–H groups in total. The maximum Gasteiger partial charge on any atom is 0.242 e. The molecule has 0 aliphatic carbocycles. The Morgan fingerprint density at radius 1 is 1.00 bits per heavy atom. The number of nitrogens with one attached hydrogen (secondary N) is 1. The Morgan fingerprint density at radius 3 is 2.24 bits per heavy atom. The van der Waals surface area contributed by atoms with Gasteiger partial charge in [-0.15, -0.1) is 0 Å². The highest BCUT2D eigenvalue weighted by atomic mass is 35.5. The van der Waals surface area contributed by atoms with E-state index >= 15 is 0 Å². The van der Waals surface area contributed by atoms with Crippen molar-refractivity contribution in [2.75, 3.05) is 6.54 Å². The molecule has 2 amide bonds. The highest BCUT2D eigenvalue weighted by Crippen LogP contribution is 2.23. The van der Waals surface area contributed by atoms with E-state index in [0.29, 0.717) is 40.1 Å². The second kappa shape index (κ2) is 11.4. The summed E-state index contributed by atoms with van der Waals surface area (Å²) in [5.74, 6) is -0.332. The van der Waals surface area contributed by atoms with Gasteiger partial charge < -0.3 is 10.2 Å². The number of hydrogen-bond donors (Lipinski definition) is 1. The Hall–Kier alpha value is -1.75. The lowest BCUT2D eigenvalue weighted by Gasteiger charge is -2.31. The van der Waals surface area contributed by atoms with E-state index in [0.717, 1.165) is 12.0 Å². The summed E-state index contributed by atoms with van der Waals surface area (Å²) in [6, 6.07) is 11.7. The van der Waals surface area contributed by atoms with Crippen molar-refractivity contribution < 1.29 is 9.59 Å². The maximum absolute atomic E-state index is 13.2. The third kappa shape index (κ3) is 6.91. The zero-order valence-corrected chi connectivity index (χ0v) is 18.8. The molecule has 0 fully saturated rings. The number of rotatable bonds is 9. The van der Waals surface area contributed by atoms with Crippen LogP contribution in [0.5, 0.6) is 0 Å². The van der Waals surface area contributed by atoms with Gasteiger partial charge in [0.25, 0.3) is 0 Å². The molecule has 7 heteroatoms. The van der Waals surface area contributed by atoms with E-state index in [4.69, 9.17) is 34.8 Å². The van der Waals surface area contributed by atoms with Crippen molar-refractivity contribution in [3.8, 4) is 0 Å². The van der Waals surface area contributed by atoms with Crippen LogP contribution < -0.4 is 5.32 Å². The van der Waals surface area contributed by atoms with Crippen LogP contribution in [-0.4, -0.2) is 29.3 Å². The van der Waals surface area contributed by atoms with Gasteiger partial charge in [-0.25, -0.2) is 0 Å². The predicted molar refractivity (Wildman–Crippen MR) is 120 cm³/mol. The number of carbonyl (C=O) groups excluding carboxylic acids is 2. The third-order valence-corrected chi connectivity index (χ3v) is 5.40. The molecule has 2 aromatic rings. The van der Waals surface area contributed by atoms with Crippen molar-refractivity contribution in [3.63, 3.8) is 0 Å². The van der Waals surface area contributed by atoms with Gasteiger partial charge in [0.1, 0.15) is 6.04 Å². The molecule has 0 heterocycles. The Kier molecular flexibility index (Phi) is 9.28. The van der Waals surface area contributed by atoms with Crippen molar-refractivity contribution in [1.29, 1.82) is 0 Å². The molecule has 4 nitrogen and oxygen atoms in total. The second-order valence-electron chi connectivity index (χ2n) is 6.78. The third-order valence-electron chi connectivity index (χ3n) is 4.56. The molecule has 29 heavy (non-hydrogen) atoms. The fraction of sp³-hybridized carbons (Fsp3) is 0.364. The summed E-state index contributed by atoms with van der Waals surface area (Å²) in [7, 11) is 0. The van der Waals surface area contributed by atoms with Crippen molar-refractivity contribution in [2.24, 2.45) is 0 Å².